The molecule has 1 fully saturated rings. The van der Waals surface area contributed by atoms with E-state index in [4.69, 9.17) is 3.07 Å². The van der Waals surface area contributed by atoms with Gasteiger partial charge in [0, 0.05) is 22.7 Å². The molecule has 0 radical (unpaired) electrons. The van der Waals surface area contributed by atoms with E-state index in [9.17, 15) is 8.78 Å². The molecule has 0 aromatic carbocycles. The number of allylic oxidation sites excluding steroid dienone is 4. The van der Waals surface area contributed by atoms with E-state index >= 15 is 0 Å². The molecule has 1 saturated carbocycles. The molecule has 90 valence electrons. The molecule has 0 unspecified atom stereocenters. The first-order chi connectivity index (χ1) is 7.43. The van der Waals surface area contributed by atoms with Gasteiger partial charge in [-0.3, -0.25) is 0 Å². The van der Waals surface area contributed by atoms with Crippen LogP contribution in [0.4, 0.5) is 8.78 Å². The van der Waals surface area contributed by atoms with Crippen LogP contribution in [-0.4, -0.2) is 12.5 Å². The molecular formula is C11H12BrF2IO. The maximum absolute atomic E-state index is 12.9. The Kier molecular flexibility index (Phi) is 5.12. The predicted molar refractivity (Wildman–Crippen MR) is 72.9 cm³/mol. The Balaban J connectivity index is 2.67. The van der Waals surface area contributed by atoms with Gasteiger partial charge in [-0.25, -0.2) is 8.78 Å². The van der Waals surface area contributed by atoms with E-state index < -0.39 is 11.3 Å². The zero-order valence-corrected chi connectivity index (χ0v) is 12.3. The molecule has 0 aromatic rings. The van der Waals surface area contributed by atoms with Crippen molar-refractivity contribution < 1.29 is 11.8 Å². The Morgan fingerprint density at radius 2 is 2.12 bits per heavy atom. The van der Waals surface area contributed by atoms with Crippen LogP contribution < -0.4 is 0 Å². The molecule has 1 rings (SSSR count). The second-order valence-electron chi connectivity index (χ2n) is 3.95. The van der Waals surface area contributed by atoms with Crippen LogP contribution in [0.3, 0.4) is 0 Å². The molecule has 0 N–H and O–H groups in total. The zero-order valence-electron chi connectivity index (χ0n) is 8.56. The van der Waals surface area contributed by atoms with Gasteiger partial charge in [0.05, 0.1) is 6.61 Å². The summed E-state index contributed by atoms with van der Waals surface area (Å²) in [5.74, 6) is -2.55. The molecule has 0 amide bonds. The van der Waals surface area contributed by atoms with Gasteiger partial charge < -0.3 is 3.07 Å². The monoisotopic (exact) mass is 404 g/mol. The van der Waals surface area contributed by atoms with Crippen molar-refractivity contribution in [1.29, 1.82) is 0 Å². The molecule has 0 heterocycles. The number of hydrogen-bond acceptors (Lipinski definition) is 1. The third-order valence-electron chi connectivity index (χ3n) is 2.44. The third kappa shape index (κ3) is 3.92. The minimum Gasteiger partial charge on any atom is -0.315 e. The normalized spacial score (nSPS) is 23.1. The Labute approximate surface area is 116 Å². The Morgan fingerprint density at radius 3 is 2.56 bits per heavy atom. The highest BCUT2D eigenvalue weighted by Crippen LogP contribution is 2.53. The van der Waals surface area contributed by atoms with E-state index in [-0.39, 0.29) is 12.8 Å². The van der Waals surface area contributed by atoms with Crippen LogP contribution in [0.1, 0.15) is 12.8 Å². The lowest BCUT2D eigenvalue weighted by molar-refractivity contribution is -0.149. The molecule has 0 atom stereocenters. The lowest BCUT2D eigenvalue weighted by atomic mass is 9.66. The van der Waals surface area contributed by atoms with Crippen molar-refractivity contribution in [2.24, 2.45) is 5.41 Å². The van der Waals surface area contributed by atoms with Gasteiger partial charge in [0.2, 0.25) is 5.92 Å². The smallest absolute Gasteiger partial charge is 0.250 e. The minimum absolute atomic E-state index is 0.145. The Hall–Kier alpha value is 0.250. The van der Waals surface area contributed by atoms with Crippen LogP contribution in [0.15, 0.2) is 35.4 Å². The third-order valence-corrected chi connectivity index (χ3v) is 3.28. The number of alkyl halides is 2. The molecule has 0 bridgehead atoms. The van der Waals surface area contributed by atoms with Crippen molar-refractivity contribution >= 4 is 38.9 Å². The molecule has 0 aliphatic heterocycles. The standard InChI is InChI=1S/C11H12BrF2IO/c1-2-3-9(12)4-5-10(8-16-15)6-11(13,14)7-10/h2-5H,1,6-8H2/b5-4+,9-3+. The van der Waals surface area contributed by atoms with E-state index in [0.29, 0.717) is 6.61 Å². The first-order valence-electron chi connectivity index (χ1n) is 4.72. The highest BCUT2D eigenvalue weighted by molar-refractivity contribution is 14.1. The quantitative estimate of drug-likeness (QED) is 0.473. The first-order valence-corrected chi connectivity index (χ1v) is 6.39. The van der Waals surface area contributed by atoms with Crippen LogP contribution in [0, 0.1) is 5.41 Å². The van der Waals surface area contributed by atoms with Gasteiger partial charge in [-0.15, -0.1) is 0 Å². The van der Waals surface area contributed by atoms with Gasteiger partial charge in [-0.05, 0) is 6.08 Å². The molecule has 0 spiro atoms. The Morgan fingerprint density at radius 1 is 1.50 bits per heavy atom. The van der Waals surface area contributed by atoms with E-state index in [0.717, 1.165) is 4.48 Å². The summed E-state index contributed by atoms with van der Waals surface area (Å²) in [6.45, 7) is 3.87. The fourth-order valence-electron chi connectivity index (χ4n) is 1.78. The number of halogens is 4. The maximum atomic E-state index is 12.9. The van der Waals surface area contributed by atoms with Gasteiger partial charge in [0.1, 0.15) is 23.0 Å². The molecule has 0 aromatic heterocycles. The van der Waals surface area contributed by atoms with Gasteiger partial charge in [-0.2, -0.15) is 0 Å². The van der Waals surface area contributed by atoms with Gasteiger partial charge >= 0.3 is 0 Å². The topological polar surface area (TPSA) is 9.23 Å². The van der Waals surface area contributed by atoms with Crippen molar-refractivity contribution in [3.63, 3.8) is 0 Å². The summed E-state index contributed by atoms with van der Waals surface area (Å²) in [7, 11) is 0. The van der Waals surface area contributed by atoms with Crippen molar-refractivity contribution in [2.45, 2.75) is 18.8 Å². The highest BCUT2D eigenvalue weighted by Gasteiger charge is 2.55. The number of rotatable bonds is 5. The second-order valence-corrected chi connectivity index (χ2v) is 5.48. The first kappa shape index (κ1) is 14.3. The second kappa shape index (κ2) is 5.73. The molecule has 5 heteroatoms. The molecule has 16 heavy (non-hydrogen) atoms. The minimum atomic E-state index is -2.55. The predicted octanol–water partition coefficient (Wildman–Crippen LogP) is 4.79. The van der Waals surface area contributed by atoms with Gasteiger partial charge in [0.15, 0.2) is 0 Å². The summed E-state index contributed by atoms with van der Waals surface area (Å²) in [4.78, 5) is 0. The van der Waals surface area contributed by atoms with Crippen LogP contribution in [0.2, 0.25) is 0 Å². The fourth-order valence-corrected chi connectivity index (χ4v) is 2.72. The summed E-state index contributed by atoms with van der Waals surface area (Å²) in [6, 6.07) is 0. The molecule has 1 aliphatic carbocycles. The van der Waals surface area contributed by atoms with E-state index in [1.807, 2.05) is 0 Å². The fraction of sp³-hybridized carbons (Fsp3) is 0.455. The van der Waals surface area contributed by atoms with Crippen molar-refractivity contribution in [1.82, 2.24) is 0 Å². The lowest BCUT2D eigenvalue weighted by Gasteiger charge is -2.44. The SMILES string of the molecule is C=C/C=C(Br)\C=C\C1(COI)CC(F)(F)C1. The van der Waals surface area contributed by atoms with Gasteiger partial charge in [-0.1, -0.05) is 40.7 Å². The summed E-state index contributed by atoms with van der Waals surface area (Å²) >= 11 is 5.03. The average molecular weight is 405 g/mol. The van der Waals surface area contributed by atoms with Crippen molar-refractivity contribution in [3.8, 4) is 0 Å². The Bertz CT molecular complexity index is 318. The molecule has 1 nitrogen and oxygen atoms in total. The van der Waals surface area contributed by atoms with Crippen LogP contribution in [0.25, 0.3) is 0 Å². The van der Waals surface area contributed by atoms with Crippen molar-refractivity contribution in [2.75, 3.05) is 6.61 Å². The summed E-state index contributed by atoms with van der Waals surface area (Å²) in [5.41, 5.74) is -0.529. The van der Waals surface area contributed by atoms with E-state index in [2.05, 4.69) is 22.5 Å². The van der Waals surface area contributed by atoms with E-state index in [1.54, 1.807) is 47.3 Å². The van der Waals surface area contributed by atoms with Gasteiger partial charge in [0.25, 0.3) is 0 Å². The van der Waals surface area contributed by atoms with Crippen LogP contribution in [-0.2, 0) is 3.07 Å². The van der Waals surface area contributed by atoms with Crippen molar-refractivity contribution in [3.05, 3.63) is 35.4 Å². The largest absolute Gasteiger partial charge is 0.315 e. The van der Waals surface area contributed by atoms with E-state index in [1.165, 1.54) is 0 Å². The highest BCUT2D eigenvalue weighted by atomic mass is 127. The summed E-state index contributed by atoms with van der Waals surface area (Å²) in [5, 5.41) is 0. The lowest BCUT2D eigenvalue weighted by Crippen LogP contribution is -2.47. The maximum Gasteiger partial charge on any atom is 0.250 e. The van der Waals surface area contributed by atoms with Crippen LogP contribution in [0.5, 0.6) is 0 Å². The molecule has 1 aliphatic rings. The molecular weight excluding hydrogens is 393 g/mol. The molecule has 0 saturated heterocycles. The summed E-state index contributed by atoms with van der Waals surface area (Å²) < 4.78 is 31.6. The number of hydrogen-bond donors (Lipinski definition) is 0. The van der Waals surface area contributed by atoms with Crippen LogP contribution >= 0.6 is 38.9 Å². The summed E-state index contributed by atoms with van der Waals surface area (Å²) in [6.07, 6.45) is 6.65. The average Bonchev–Trinajstić information content (AvgIpc) is 2.13. The zero-order chi connectivity index (χ0) is 12.2.